The molecule has 1 aliphatic rings. The van der Waals surface area contributed by atoms with Crippen molar-refractivity contribution < 1.29 is 13.9 Å². The van der Waals surface area contributed by atoms with E-state index in [1.54, 1.807) is 0 Å². The minimum atomic E-state index is -2.53. The Bertz CT molecular complexity index is 136. The fourth-order valence-electron chi connectivity index (χ4n) is 1.63. The third-order valence-electron chi connectivity index (χ3n) is 2.44. The minimum Gasteiger partial charge on any atom is -0.393 e. The second-order valence-electron chi connectivity index (χ2n) is 3.33. The molecule has 0 aromatic heterocycles. The van der Waals surface area contributed by atoms with Crippen LogP contribution in [-0.2, 0) is 0 Å². The van der Waals surface area contributed by atoms with Crippen molar-refractivity contribution in [1.82, 2.24) is 0 Å². The number of hydrogen-bond donors (Lipinski definition) is 1. The van der Waals surface area contributed by atoms with Gasteiger partial charge in [0.1, 0.15) is 0 Å². The van der Waals surface area contributed by atoms with E-state index in [9.17, 15) is 13.9 Å². The van der Waals surface area contributed by atoms with Crippen LogP contribution in [-0.4, -0.2) is 17.1 Å². The lowest BCUT2D eigenvalue weighted by atomic mass is 9.82. The monoisotopic (exact) mass is 164 g/mol. The highest BCUT2D eigenvalue weighted by molar-refractivity contribution is 4.83. The van der Waals surface area contributed by atoms with Crippen LogP contribution in [0.25, 0.3) is 0 Å². The lowest BCUT2D eigenvalue weighted by Crippen LogP contribution is -2.35. The zero-order valence-electron chi connectivity index (χ0n) is 6.69. The Kier molecular flexibility index (Phi) is 2.47. The Morgan fingerprint density at radius 3 is 2.64 bits per heavy atom. The summed E-state index contributed by atoms with van der Waals surface area (Å²) in [5.74, 6) is -2.72. The standard InChI is InChI=1S/C8H14F2O/c1-2-6-5-8(9,10)4-3-7(6)11/h6-7,11H,2-5H2,1H3. The average Bonchev–Trinajstić information content (AvgIpc) is 1.94. The molecule has 66 valence electrons. The molecule has 0 aromatic rings. The van der Waals surface area contributed by atoms with E-state index in [0.29, 0.717) is 6.42 Å². The minimum absolute atomic E-state index is 0.134. The van der Waals surface area contributed by atoms with Gasteiger partial charge < -0.3 is 5.11 Å². The Hall–Kier alpha value is -0.180. The first-order chi connectivity index (χ1) is 5.05. The molecule has 0 aliphatic heterocycles. The van der Waals surface area contributed by atoms with Crippen LogP contribution >= 0.6 is 0 Å². The molecule has 1 rings (SSSR count). The molecule has 1 N–H and O–H groups in total. The van der Waals surface area contributed by atoms with Crippen molar-refractivity contribution in [2.75, 3.05) is 0 Å². The van der Waals surface area contributed by atoms with Gasteiger partial charge in [-0.2, -0.15) is 0 Å². The zero-order valence-corrected chi connectivity index (χ0v) is 6.69. The summed E-state index contributed by atoms with van der Waals surface area (Å²) >= 11 is 0. The van der Waals surface area contributed by atoms with Crippen LogP contribution < -0.4 is 0 Å². The number of halogens is 2. The van der Waals surface area contributed by atoms with E-state index < -0.39 is 12.0 Å². The van der Waals surface area contributed by atoms with Gasteiger partial charge in [0.05, 0.1) is 6.10 Å². The molecule has 0 amide bonds. The molecule has 0 radical (unpaired) electrons. The van der Waals surface area contributed by atoms with Crippen LogP contribution in [0.5, 0.6) is 0 Å². The molecule has 2 atom stereocenters. The Morgan fingerprint density at radius 1 is 1.55 bits per heavy atom. The smallest absolute Gasteiger partial charge is 0.248 e. The molecule has 1 fully saturated rings. The van der Waals surface area contributed by atoms with Gasteiger partial charge in [-0.3, -0.25) is 0 Å². The molecule has 2 unspecified atom stereocenters. The number of rotatable bonds is 1. The molecule has 0 spiro atoms. The quantitative estimate of drug-likeness (QED) is 0.629. The van der Waals surface area contributed by atoms with E-state index in [0.717, 1.165) is 0 Å². The summed E-state index contributed by atoms with van der Waals surface area (Å²) in [6.07, 6.45) is 0.122. The highest BCUT2D eigenvalue weighted by Crippen LogP contribution is 2.37. The molecule has 3 heteroatoms. The molecule has 0 aromatic carbocycles. The average molecular weight is 164 g/mol. The fourth-order valence-corrected chi connectivity index (χ4v) is 1.63. The second-order valence-corrected chi connectivity index (χ2v) is 3.33. The zero-order chi connectivity index (χ0) is 8.48. The van der Waals surface area contributed by atoms with Crippen LogP contribution in [0.3, 0.4) is 0 Å². The van der Waals surface area contributed by atoms with Crippen molar-refractivity contribution >= 4 is 0 Å². The highest BCUT2D eigenvalue weighted by atomic mass is 19.3. The summed E-state index contributed by atoms with van der Waals surface area (Å²) in [4.78, 5) is 0. The third-order valence-corrected chi connectivity index (χ3v) is 2.44. The van der Waals surface area contributed by atoms with E-state index in [-0.39, 0.29) is 25.2 Å². The topological polar surface area (TPSA) is 20.2 Å². The molecule has 11 heavy (non-hydrogen) atoms. The summed E-state index contributed by atoms with van der Waals surface area (Å²) in [5.41, 5.74) is 0. The van der Waals surface area contributed by atoms with Crippen LogP contribution in [0, 0.1) is 5.92 Å². The molecular weight excluding hydrogens is 150 g/mol. The SMILES string of the molecule is CCC1CC(F)(F)CCC1O. The maximum Gasteiger partial charge on any atom is 0.248 e. The molecule has 1 aliphatic carbocycles. The van der Waals surface area contributed by atoms with E-state index >= 15 is 0 Å². The summed E-state index contributed by atoms with van der Waals surface area (Å²) in [7, 11) is 0. The van der Waals surface area contributed by atoms with Gasteiger partial charge in [0.25, 0.3) is 0 Å². The second kappa shape index (κ2) is 3.05. The molecule has 0 bridgehead atoms. The predicted molar refractivity (Wildman–Crippen MR) is 38.6 cm³/mol. The van der Waals surface area contributed by atoms with Crippen molar-refractivity contribution in [1.29, 1.82) is 0 Å². The van der Waals surface area contributed by atoms with Gasteiger partial charge in [-0.25, -0.2) is 8.78 Å². The largest absolute Gasteiger partial charge is 0.393 e. The first-order valence-electron chi connectivity index (χ1n) is 4.11. The molecule has 0 saturated heterocycles. The number of aliphatic hydroxyl groups is 1. The molecule has 1 nitrogen and oxygen atoms in total. The van der Waals surface area contributed by atoms with E-state index in [1.807, 2.05) is 6.92 Å². The number of alkyl halides is 2. The number of aliphatic hydroxyl groups excluding tert-OH is 1. The van der Waals surface area contributed by atoms with Crippen LogP contribution in [0.4, 0.5) is 8.78 Å². The Morgan fingerprint density at radius 2 is 2.18 bits per heavy atom. The Balaban J connectivity index is 2.51. The normalized spacial score (nSPS) is 37.1. The fraction of sp³-hybridized carbons (Fsp3) is 1.00. The first kappa shape index (κ1) is 8.91. The van der Waals surface area contributed by atoms with Crippen molar-refractivity contribution in [2.24, 2.45) is 5.92 Å². The summed E-state index contributed by atoms with van der Waals surface area (Å²) in [6.45, 7) is 1.84. The van der Waals surface area contributed by atoms with Gasteiger partial charge in [0, 0.05) is 12.8 Å². The van der Waals surface area contributed by atoms with Crippen LogP contribution in [0.15, 0.2) is 0 Å². The van der Waals surface area contributed by atoms with E-state index in [4.69, 9.17) is 0 Å². The van der Waals surface area contributed by atoms with Gasteiger partial charge in [0.2, 0.25) is 5.92 Å². The van der Waals surface area contributed by atoms with Crippen LogP contribution in [0.2, 0.25) is 0 Å². The Labute approximate surface area is 65.4 Å². The predicted octanol–water partition coefficient (Wildman–Crippen LogP) is 2.19. The van der Waals surface area contributed by atoms with E-state index in [1.165, 1.54) is 0 Å². The summed E-state index contributed by atoms with van der Waals surface area (Å²) < 4.78 is 25.4. The lowest BCUT2D eigenvalue weighted by Gasteiger charge is -2.32. The number of hydrogen-bond acceptors (Lipinski definition) is 1. The molecule has 0 heterocycles. The van der Waals surface area contributed by atoms with Gasteiger partial charge in [-0.1, -0.05) is 13.3 Å². The van der Waals surface area contributed by atoms with Crippen molar-refractivity contribution in [3.05, 3.63) is 0 Å². The maximum atomic E-state index is 12.7. The summed E-state index contributed by atoms with van der Waals surface area (Å²) in [6, 6.07) is 0. The maximum absolute atomic E-state index is 12.7. The molecular formula is C8H14F2O. The van der Waals surface area contributed by atoms with Gasteiger partial charge >= 0.3 is 0 Å². The van der Waals surface area contributed by atoms with Gasteiger partial charge in [-0.05, 0) is 12.3 Å². The van der Waals surface area contributed by atoms with Gasteiger partial charge in [-0.15, -0.1) is 0 Å². The van der Waals surface area contributed by atoms with Crippen molar-refractivity contribution in [3.8, 4) is 0 Å². The lowest BCUT2D eigenvalue weighted by molar-refractivity contribution is -0.0922. The first-order valence-corrected chi connectivity index (χ1v) is 4.11. The van der Waals surface area contributed by atoms with Gasteiger partial charge in [0.15, 0.2) is 0 Å². The molecule has 1 saturated carbocycles. The van der Waals surface area contributed by atoms with E-state index in [2.05, 4.69) is 0 Å². The van der Waals surface area contributed by atoms with Crippen molar-refractivity contribution in [2.45, 2.75) is 44.6 Å². The third kappa shape index (κ3) is 2.12. The van der Waals surface area contributed by atoms with Crippen LogP contribution in [0.1, 0.15) is 32.6 Å². The summed E-state index contributed by atoms with van der Waals surface area (Å²) in [5, 5.41) is 9.27. The van der Waals surface area contributed by atoms with Crippen molar-refractivity contribution in [3.63, 3.8) is 0 Å². The highest BCUT2D eigenvalue weighted by Gasteiger charge is 2.39.